The van der Waals surface area contributed by atoms with Gasteiger partial charge >= 0.3 is 0 Å². The topological polar surface area (TPSA) is 35.5 Å². The van der Waals surface area contributed by atoms with Crippen LogP contribution in [0.4, 0.5) is 0 Å². The minimum absolute atomic E-state index is 0.0362. The molecule has 1 saturated heterocycles. The van der Waals surface area contributed by atoms with E-state index in [4.69, 9.17) is 9.47 Å². The van der Waals surface area contributed by atoms with Crippen LogP contribution in [-0.4, -0.2) is 26.1 Å². The van der Waals surface area contributed by atoms with E-state index in [1.165, 1.54) is 5.56 Å². The molecule has 4 heteroatoms. The van der Waals surface area contributed by atoms with E-state index in [1.54, 1.807) is 6.92 Å². The molecule has 0 radical (unpaired) electrons. The largest absolute Gasteiger partial charge is 0.345 e. The van der Waals surface area contributed by atoms with Gasteiger partial charge in [0.1, 0.15) is 5.78 Å². The third-order valence-corrected chi connectivity index (χ3v) is 7.38. The van der Waals surface area contributed by atoms with E-state index in [9.17, 15) is 4.79 Å². The van der Waals surface area contributed by atoms with Crippen molar-refractivity contribution in [1.29, 1.82) is 0 Å². The zero-order chi connectivity index (χ0) is 20.0. The monoisotopic (exact) mass is 394 g/mol. The molecule has 1 fully saturated rings. The van der Waals surface area contributed by atoms with Crippen molar-refractivity contribution in [3.63, 3.8) is 0 Å². The highest BCUT2D eigenvalue weighted by atomic mass is 28.3. The third kappa shape index (κ3) is 6.26. The van der Waals surface area contributed by atoms with Crippen molar-refractivity contribution < 1.29 is 14.3 Å². The van der Waals surface area contributed by atoms with Crippen LogP contribution in [-0.2, 0) is 20.3 Å². The zero-order valence-electron chi connectivity index (χ0n) is 17.0. The van der Waals surface area contributed by atoms with Gasteiger partial charge < -0.3 is 9.47 Å². The summed E-state index contributed by atoms with van der Waals surface area (Å²) in [5, 5.41) is 0. The molecule has 3 rings (SSSR count). The first kappa shape index (κ1) is 20.7. The Balaban J connectivity index is 1.71. The molecule has 0 amide bonds. The third-order valence-electron chi connectivity index (χ3n) is 4.96. The fourth-order valence-corrected chi connectivity index (χ4v) is 5.77. The zero-order valence-corrected chi connectivity index (χ0v) is 18.0. The van der Waals surface area contributed by atoms with Crippen molar-refractivity contribution in [2.24, 2.45) is 0 Å². The summed E-state index contributed by atoms with van der Waals surface area (Å²) in [6, 6.07) is 21.7. The molecule has 0 N–H and O–H groups in total. The Kier molecular flexibility index (Phi) is 7.00. The molecular formula is C24H30O3Si. The number of carbonyl (C=O) groups is 1. The molecule has 1 aliphatic heterocycles. The van der Waals surface area contributed by atoms with Crippen molar-refractivity contribution in [2.75, 3.05) is 0 Å². The molecule has 3 nitrogen and oxygen atoms in total. The number of hydrogen-bond acceptors (Lipinski definition) is 3. The van der Waals surface area contributed by atoms with Gasteiger partial charge in [0.05, 0.1) is 20.3 Å². The molecule has 0 unspecified atom stereocenters. The van der Waals surface area contributed by atoms with Gasteiger partial charge in [-0.2, -0.15) is 0 Å². The van der Waals surface area contributed by atoms with Gasteiger partial charge in [0, 0.05) is 18.4 Å². The first-order chi connectivity index (χ1) is 13.4. The lowest BCUT2D eigenvalue weighted by Crippen LogP contribution is -2.35. The average molecular weight is 395 g/mol. The molecule has 2 aromatic rings. The summed E-state index contributed by atoms with van der Waals surface area (Å²) in [5.74, 6) is 0.153. The first-order valence-electron chi connectivity index (χ1n) is 10.00. The second-order valence-corrected chi connectivity index (χ2v) is 13.0. The Morgan fingerprint density at radius 2 is 1.68 bits per heavy atom. The van der Waals surface area contributed by atoms with E-state index in [-0.39, 0.29) is 18.0 Å². The first-order valence-corrected chi connectivity index (χ1v) is 13.3. The van der Waals surface area contributed by atoms with Gasteiger partial charge in [0.2, 0.25) is 0 Å². The number of rotatable bonds is 7. The Morgan fingerprint density at radius 1 is 1.04 bits per heavy atom. The van der Waals surface area contributed by atoms with Crippen LogP contribution < -0.4 is 0 Å². The maximum Gasteiger partial charge on any atom is 0.184 e. The standard InChI is InChI=1S/C24H30O3Si/c1-19(25)16-23-17-22(26-24(27-23)21-12-8-5-9-13-21)14-15-28(2,3)18-20-10-6-4-7-11-20/h4-15,22-24H,16-18H2,1-3H3/b15-14+/t22-,23+,24-/m0/s1. The molecule has 1 aliphatic rings. The van der Waals surface area contributed by atoms with Crippen LogP contribution in [0.2, 0.25) is 13.1 Å². The maximum absolute atomic E-state index is 11.7. The lowest BCUT2D eigenvalue weighted by atomic mass is 10.0. The average Bonchev–Trinajstić information content (AvgIpc) is 2.67. The van der Waals surface area contributed by atoms with Crippen LogP contribution in [0.25, 0.3) is 0 Å². The number of hydrogen-bond donors (Lipinski definition) is 0. The van der Waals surface area contributed by atoms with Gasteiger partial charge in [-0.25, -0.2) is 0 Å². The number of carbonyl (C=O) groups excluding carboxylic acids is 1. The summed E-state index contributed by atoms with van der Waals surface area (Å²) < 4.78 is 12.3. The molecular weight excluding hydrogens is 364 g/mol. The molecule has 0 aliphatic carbocycles. The summed E-state index contributed by atoms with van der Waals surface area (Å²) in [4.78, 5) is 11.7. The summed E-state index contributed by atoms with van der Waals surface area (Å²) in [6.07, 6.45) is 2.79. The number of benzene rings is 2. The number of ketones is 1. The second kappa shape index (κ2) is 9.46. The number of ether oxygens (including phenoxy) is 2. The van der Waals surface area contributed by atoms with Crippen LogP contribution >= 0.6 is 0 Å². The van der Waals surface area contributed by atoms with Crippen molar-refractivity contribution >= 4 is 13.9 Å². The normalized spacial score (nSPS) is 23.0. The van der Waals surface area contributed by atoms with Crippen molar-refractivity contribution in [3.05, 3.63) is 83.6 Å². The summed E-state index contributed by atoms with van der Waals surface area (Å²) >= 11 is 0. The predicted octanol–water partition coefficient (Wildman–Crippen LogP) is 5.42. The maximum atomic E-state index is 11.7. The van der Waals surface area contributed by atoms with Gasteiger partial charge in [-0.1, -0.05) is 91.1 Å². The quantitative estimate of drug-likeness (QED) is 0.588. The van der Waals surface area contributed by atoms with Crippen LogP contribution in [0, 0.1) is 0 Å². The van der Waals surface area contributed by atoms with Gasteiger partial charge in [-0.3, -0.25) is 4.79 Å². The summed E-state index contributed by atoms with van der Waals surface area (Å²) in [5.41, 5.74) is 4.76. The lowest BCUT2D eigenvalue weighted by molar-refractivity contribution is -0.236. The minimum atomic E-state index is -1.55. The highest BCUT2D eigenvalue weighted by molar-refractivity contribution is 6.81. The Bertz CT molecular complexity index is 786. The van der Waals surface area contributed by atoms with Gasteiger partial charge in [-0.15, -0.1) is 0 Å². The molecule has 0 bridgehead atoms. The predicted molar refractivity (Wildman–Crippen MR) is 116 cm³/mol. The van der Waals surface area contributed by atoms with E-state index in [2.05, 4.69) is 55.2 Å². The fourth-order valence-electron chi connectivity index (χ4n) is 3.63. The lowest BCUT2D eigenvalue weighted by Gasteiger charge is -2.35. The molecule has 28 heavy (non-hydrogen) atoms. The fraction of sp³-hybridized carbons (Fsp3) is 0.375. The van der Waals surface area contributed by atoms with E-state index in [0.717, 1.165) is 18.0 Å². The summed E-state index contributed by atoms with van der Waals surface area (Å²) in [6.45, 7) is 6.37. The highest BCUT2D eigenvalue weighted by Gasteiger charge is 2.31. The second-order valence-electron chi connectivity index (χ2n) is 8.33. The van der Waals surface area contributed by atoms with Gasteiger partial charge in [0.25, 0.3) is 0 Å². The van der Waals surface area contributed by atoms with Crippen LogP contribution in [0.15, 0.2) is 72.4 Å². The number of Topliss-reactive ketones (excluding diaryl/α,β-unsaturated/α-hetero) is 1. The molecule has 1 heterocycles. The van der Waals surface area contributed by atoms with Crippen molar-refractivity contribution in [2.45, 2.75) is 57.4 Å². The van der Waals surface area contributed by atoms with E-state index in [0.29, 0.717) is 6.42 Å². The SMILES string of the molecule is CC(=O)C[C@@H]1C[C@H](/C=C/[Si](C)(C)Cc2ccccc2)O[C@H](c2ccccc2)O1. The van der Waals surface area contributed by atoms with Crippen molar-refractivity contribution in [3.8, 4) is 0 Å². The van der Waals surface area contributed by atoms with Crippen LogP contribution in [0.5, 0.6) is 0 Å². The molecule has 0 spiro atoms. The minimum Gasteiger partial charge on any atom is -0.345 e. The Hall–Kier alpha value is -2.01. The van der Waals surface area contributed by atoms with Gasteiger partial charge in [-0.05, 0) is 13.0 Å². The van der Waals surface area contributed by atoms with Gasteiger partial charge in [0.15, 0.2) is 6.29 Å². The highest BCUT2D eigenvalue weighted by Crippen LogP contribution is 2.32. The van der Waals surface area contributed by atoms with Crippen molar-refractivity contribution in [1.82, 2.24) is 0 Å². The molecule has 0 aromatic heterocycles. The van der Waals surface area contributed by atoms with E-state index < -0.39 is 14.4 Å². The Morgan fingerprint density at radius 3 is 2.32 bits per heavy atom. The van der Waals surface area contributed by atoms with Crippen LogP contribution in [0.3, 0.4) is 0 Å². The molecule has 148 valence electrons. The van der Waals surface area contributed by atoms with E-state index >= 15 is 0 Å². The summed E-state index contributed by atoms with van der Waals surface area (Å²) in [7, 11) is -1.55. The molecule has 3 atom stereocenters. The molecule has 2 aromatic carbocycles. The van der Waals surface area contributed by atoms with E-state index in [1.807, 2.05) is 30.3 Å². The smallest absolute Gasteiger partial charge is 0.184 e. The molecule has 0 saturated carbocycles. The Labute approximate surface area is 169 Å². The van der Waals surface area contributed by atoms with Crippen LogP contribution in [0.1, 0.15) is 37.2 Å².